The lowest BCUT2D eigenvalue weighted by Crippen LogP contribution is -2.54. The monoisotopic (exact) mass is 298 g/mol. The van der Waals surface area contributed by atoms with Gasteiger partial charge in [0.2, 0.25) is 0 Å². The Kier molecular flexibility index (Phi) is 6.30. The smallest absolute Gasteiger partial charge is 0.409 e. The molecular formula is C16H30N2O3. The van der Waals surface area contributed by atoms with Gasteiger partial charge in [-0.15, -0.1) is 0 Å². The van der Waals surface area contributed by atoms with Crippen molar-refractivity contribution in [1.29, 1.82) is 0 Å². The fraction of sp³-hybridized carbons (Fsp3) is 0.938. The van der Waals surface area contributed by atoms with Crippen LogP contribution in [0.25, 0.3) is 0 Å². The van der Waals surface area contributed by atoms with E-state index in [0.29, 0.717) is 13.1 Å². The molecule has 2 rings (SSSR count). The maximum Gasteiger partial charge on any atom is 0.409 e. The Morgan fingerprint density at radius 3 is 2.71 bits per heavy atom. The van der Waals surface area contributed by atoms with Gasteiger partial charge in [-0.05, 0) is 38.1 Å². The zero-order valence-electron chi connectivity index (χ0n) is 13.4. The Morgan fingerprint density at radius 2 is 2.10 bits per heavy atom. The van der Waals surface area contributed by atoms with Crippen molar-refractivity contribution in [3.63, 3.8) is 0 Å². The van der Waals surface area contributed by atoms with Crippen LogP contribution in [0.15, 0.2) is 0 Å². The molecule has 5 heteroatoms. The summed E-state index contributed by atoms with van der Waals surface area (Å²) in [6.07, 6.45) is 6.39. The number of likely N-dealkylation sites (tertiary alicyclic amines) is 1. The standard InChI is InChI=1S/C16H30N2O3/c1-3-15(19)13-8-14(11-18(10-13)16(20)21-2)17-9-12-6-4-5-7-12/h12-15,17,19H,3-11H2,1-2H3. The summed E-state index contributed by atoms with van der Waals surface area (Å²) in [5.74, 6) is 0.928. The first-order chi connectivity index (χ1) is 10.1. The minimum Gasteiger partial charge on any atom is -0.453 e. The second-order valence-corrected chi connectivity index (χ2v) is 6.60. The summed E-state index contributed by atoms with van der Waals surface area (Å²) in [5.41, 5.74) is 0. The predicted octanol–water partition coefficient (Wildman–Crippen LogP) is 1.99. The van der Waals surface area contributed by atoms with E-state index in [1.54, 1.807) is 4.90 Å². The van der Waals surface area contributed by atoms with E-state index in [-0.39, 0.29) is 24.2 Å². The van der Waals surface area contributed by atoms with Crippen LogP contribution in [0, 0.1) is 11.8 Å². The summed E-state index contributed by atoms with van der Waals surface area (Å²) < 4.78 is 4.86. The third-order valence-corrected chi connectivity index (χ3v) is 5.05. The topological polar surface area (TPSA) is 61.8 Å². The zero-order chi connectivity index (χ0) is 15.2. The molecule has 2 aliphatic rings. The fourth-order valence-electron chi connectivity index (χ4n) is 3.72. The summed E-state index contributed by atoms with van der Waals surface area (Å²) in [4.78, 5) is 13.6. The highest BCUT2D eigenvalue weighted by atomic mass is 16.5. The van der Waals surface area contributed by atoms with Crippen molar-refractivity contribution >= 4 is 6.09 Å². The van der Waals surface area contributed by atoms with Crippen LogP contribution in [0.5, 0.6) is 0 Å². The molecule has 5 nitrogen and oxygen atoms in total. The fourth-order valence-corrected chi connectivity index (χ4v) is 3.72. The van der Waals surface area contributed by atoms with Gasteiger partial charge in [0.15, 0.2) is 0 Å². The minimum atomic E-state index is -0.340. The average Bonchev–Trinajstić information content (AvgIpc) is 3.04. The second-order valence-electron chi connectivity index (χ2n) is 6.60. The van der Waals surface area contributed by atoms with Gasteiger partial charge in [0.1, 0.15) is 0 Å². The third kappa shape index (κ3) is 4.58. The number of carbonyl (C=O) groups is 1. The van der Waals surface area contributed by atoms with E-state index < -0.39 is 0 Å². The van der Waals surface area contributed by atoms with Crippen molar-refractivity contribution in [2.75, 3.05) is 26.7 Å². The molecule has 122 valence electrons. The summed E-state index contributed by atoms with van der Waals surface area (Å²) in [7, 11) is 1.42. The van der Waals surface area contributed by atoms with Crippen molar-refractivity contribution < 1.29 is 14.6 Å². The van der Waals surface area contributed by atoms with E-state index in [1.165, 1.54) is 32.8 Å². The molecule has 1 heterocycles. The van der Waals surface area contributed by atoms with Crippen molar-refractivity contribution in [2.45, 2.75) is 57.6 Å². The van der Waals surface area contributed by atoms with Gasteiger partial charge >= 0.3 is 6.09 Å². The maximum atomic E-state index is 11.8. The number of ether oxygens (including phenoxy) is 1. The Morgan fingerprint density at radius 1 is 1.38 bits per heavy atom. The Balaban J connectivity index is 1.89. The molecule has 1 aliphatic carbocycles. The molecule has 0 bridgehead atoms. The van der Waals surface area contributed by atoms with Crippen LogP contribution in [-0.2, 0) is 4.74 Å². The molecule has 0 aromatic heterocycles. The number of amides is 1. The van der Waals surface area contributed by atoms with Crippen LogP contribution in [-0.4, -0.2) is 55.0 Å². The second kappa shape index (κ2) is 7.99. The molecule has 3 unspecified atom stereocenters. The lowest BCUT2D eigenvalue weighted by molar-refractivity contribution is 0.0322. The zero-order valence-corrected chi connectivity index (χ0v) is 13.4. The lowest BCUT2D eigenvalue weighted by Gasteiger charge is -2.39. The first kappa shape index (κ1) is 16.6. The number of aliphatic hydroxyl groups is 1. The molecule has 2 N–H and O–H groups in total. The Labute approximate surface area is 128 Å². The number of hydrogen-bond acceptors (Lipinski definition) is 4. The first-order valence-corrected chi connectivity index (χ1v) is 8.38. The number of hydrogen-bond donors (Lipinski definition) is 2. The van der Waals surface area contributed by atoms with Gasteiger partial charge in [-0.25, -0.2) is 4.79 Å². The van der Waals surface area contributed by atoms with E-state index >= 15 is 0 Å². The van der Waals surface area contributed by atoms with Crippen LogP contribution < -0.4 is 5.32 Å². The van der Waals surface area contributed by atoms with Gasteiger partial charge in [-0.1, -0.05) is 19.8 Å². The summed E-state index contributed by atoms with van der Waals surface area (Å²) in [5, 5.41) is 13.8. The number of nitrogens with zero attached hydrogens (tertiary/aromatic N) is 1. The van der Waals surface area contributed by atoms with Crippen molar-refractivity contribution in [3.8, 4) is 0 Å². The number of piperidine rings is 1. The Hall–Kier alpha value is -0.810. The van der Waals surface area contributed by atoms with E-state index in [1.807, 2.05) is 6.92 Å². The first-order valence-electron chi connectivity index (χ1n) is 8.38. The molecule has 0 aromatic carbocycles. The number of carbonyl (C=O) groups excluding carboxylic acids is 1. The number of methoxy groups -OCH3 is 1. The molecule has 1 saturated heterocycles. The van der Waals surface area contributed by atoms with Gasteiger partial charge in [-0.3, -0.25) is 0 Å². The van der Waals surface area contributed by atoms with E-state index in [9.17, 15) is 9.90 Å². The van der Waals surface area contributed by atoms with Crippen molar-refractivity contribution in [3.05, 3.63) is 0 Å². The van der Waals surface area contributed by atoms with E-state index in [2.05, 4.69) is 5.32 Å². The van der Waals surface area contributed by atoms with Crippen LogP contribution in [0.1, 0.15) is 45.4 Å². The third-order valence-electron chi connectivity index (χ3n) is 5.05. The SMILES string of the molecule is CCC(O)C1CC(NCC2CCCC2)CN(C(=O)OC)C1. The van der Waals surface area contributed by atoms with Crippen molar-refractivity contribution in [1.82, 2.24) is 10.2 Å². The molecule has 0 spiro atoms. The molecule has 2 fully saturated rings. The molecule has 0 radical (unpaired) electrons. The van der Waals surface area contributed by atoms with Crippen LogP contribution in [0.4, 0.5) is 4.79 Å². The molecule has 21 heavy (non-hydrogen) atoms. The van der Waals surface area contributed by atoms with Crippen LogP contribution in [0.3, 0.4) is 0 Å². The van der Waals surface area contributed by atoms with E-state index in [0.717, 1.165) is 25.3 Å². The normalized spacial score (nSPS) is 28.6. The number of rotatable bonds is 5. The minimum absolute atomic E-state index is 0.143. The van der Waals surface area contributed by atoms with Gasteiger partial charge in [0.25, 0.3) is 0 Å². The van der Waals surface area contributed by atoms with Gasteiger partial charge in [-0.2, -0.15) is 0 Å². The van der Waals surface area contributed by atoms with Gasteiger partial charge in [0, 0.05) is 25.0 Å². The van der Waals surface area contributed by atoms with E-state index in [4.69, 9.17) is 4.74 Å². The molecule has 1 amide bonds. The molecular weight excluding hydrogens is 268 g/mol. The highest BCUT2D eigenvalue weighted by Crippen LogP contribution is 2.26. The maximum absolute atomic E-state index is 11.8. The predicted molar refractivity (Wildman–Crippen MR) is 82.1 cm³/mol. The van der Waals surface area contributed by atoms with Crippen LogP contribution >= 0.6 is 0 Å². The average molecular weight is 298 g/mol. The van der Waals surface area contributed by atoms with Crippen molar-refractivity contribution in [2.24, 2.45) is 11.8 Å². The molecule has 1 saturated carbocycles. The summed E-state index contributed by atoms with van der Waals surface area (Å²) in [6.45, 7) is 4.31. The highest BCUT2D eigenvalue weighted by Gasteiger charge is 2.33. The number of nitrogens with one attached hydrogen (secondary N) is 1. The summed E-state index contributed by atoms with van der Waals surface area (Å²) in [6, 6.07) is 0.268. The van der Waals surface area contributed by atoms with Gasteiger partial charge < -0.3 is 20.1 Å². The summed E-state index contributed by atoms with van der Waals surface area (Å²) >= 11 is 0. The van der Waals surface area contributed by atoms with Crippen LogP contribution in [0.2, 0.25) is 0 Å². The molecule has 1 aliphatic heterocycles. The molecule has 0 aromatic rings. The molecule has 3 atom stereocenters. The highest BCUT2D eigenvalue weighted by molar-refractivity contribution is 5.67. The quantitative estimate of drug-likeness (QED) is 0.815. The van der Waals surface area contributed by atoms with Gasteiger partial charge in [0.05, 0.1) is 13.2 Å². The number of aliphatic hydroxyl groups excluding tert-OH is 1. The Bertz CT molecular complexity index is 331. The lowest BCUT2D eigenvalue weighted by atomic mass is 9.88. The largest absolute Gasteiger partial charge is 0.453 e.